The molecule has 0 aromatic heterocycles. The highest BCUT2D eigenvalue weighted by Crippen LogP contribution is 2.17. The topological polar surface area (TPSA) is 39.7 Å². The van der Waals surface area contributed by atoms with Crippen molar-refractivity contribution in [2.75, 3.05) is 33.2 Å². The van der Waals surface area contributed by atoms with Gasteiger partial charge in [0.25, 0.3) is 0 Å². The minimum absolute atomic E-state index is 0.648. The summed E-state index contributed by atoms with van der Waals surface area (Å²) in [5, 5.41) is 6.60. The molecule has 0 radical (unpaired) electrons. The molecule has 0 aromatic rings. The Bertz CT molecular complexity index is 273. The number of guanidine groups is 1. The van der Waals surface area contributed by atoms with Crippen LogP contribution in [-0.4, -0.2) is 50.1 Å². The molecule has 1 aliphatic heterocycles. The summed E-state index contributed by atoms with van der Waals surface area (Å²) in [5.74, 6) is 1.61. The highest BCUT2D eigenvalue weighted by atomic mass is 15.2. The molecule has 1 heterocycles. The van der Waals surface area contributed by atoms with E-state index in [1.165, 1.54) is 25.9 Å². The fourth-order valence-corrected chi connectivity index (χ4v) is 2.44. The lowest BCUT2D eigenvalue weighted by Gasteiger charge is -2.26. The van der Waals surface area contributed by atoms with Gasteiger partial charge in [-0.2, -0.15) is 0 Å². The van der Waals surface area contributed by atoms with Gasteiger partial charge in [0.15, 0.2) is 5.96 Å². The minimum Gasteiger partial charge on any atom is -0.355 e. The third-order valence-corrected chi connectivity index (χ3v) is 3.24. The summed E-state index contributed by atoms with van der Waals surface area (Å²) < 4.78 is 0. The smallest absolute Gasteiger partial charge is 0.191 e. The fraction of sp³-hybridized carbons (Fsp3) is 0.786. The van der Waals surface area contributed by atoms with Crippen LogP contribution in [0.4, 0.5) is 0 Å². The molecule has 1 fully saturated rings. The first-order valence-corrected chi connectivity index (χ1v) is 6.96. The van der Waals surface area contributed by atoms with E-state index in [1.54, 1.807) is 7.05 Å². The van der Waals surface area contributed by atoms with Gasteiger partial charge in [0.1, 0.15) is 0 Å². The van der Waals surface area contributed by atoms with E-state index in [1.807, 2.05) is 6.08 Å². The molecule has 1 saturated heterocycles. The molecular formula is C14H28N4. The summed E-state index contributed by atoms with van der Waals surface area (Å²) >= 11 is 0. The highest BCUT2D eigenvalue weighted by Gasteiger charge is 2.24. The van der Waals surface area contributed by atoms with E-state index in [9.17, 15) is 0 Å². The van der Waals surface area contributed by atoms with E-state index in [4.69, 9.17) is 0 Å². The van der Waals surface area contributed by atoms with Crippen molar-refractivity contribution >= 4 is 5.96 Å². The molecule has 0 aliphatic carbocycles. The zero-order chi connectivity index (χ0) is 13.4. The van der Waals surface area contributed by atoms with Crippen LogP contribution in [-0.2, 0) is 0 Å². The molecule has 1 atom stereocenters. The third kappa shape index (κ3) is 5.08. The van der Waals surface area contributed by atoms with Crippen LogP contribution < -0.4 is 10.6 Å². The zero-order valence-electron chi connectivity index (χ0n) is 12.1. The predicted octanol–water partition coefficient (Wildman–Crippen LogP) is 1.46. The van der Waals surface area contributed by atoms with Crippen LogP contribution >= 0.6 is 0 Å². The molecule has 18 heavy (non-hydrogen) atoms. The summed E-state index contributed by atoms with van der Waals surface area (Å²) in [6, 6.07) is 0.648. The molecule has 0 bridgehead atoms. The number of nitrogens with zero attached hydrogens (tertiary/aromatic N) is 2. The van der Waals surface area contributed by atoms with Gasteiger partial charge >= 0.3 is 0 Å². The number of rotatable bonds is 6. The Balaban J connectivity index is 2.34. The summed E-state index contributed by atoms with van der Waals surface area (Å²) in [6.07, 6.45) is 4.45. The maximum Gasteiger partial charge on any atom is 0.191 e. The summed E-state index contributed by atoms with van der Waals surface area (Å²) in [6.45, 7) is 12.4. The van der Waals surface area contributed by atoms with Gasteiger partial charge in [-0.1, -0.05) is 19.9 Å². The monoisotopic (exact) mass is 252 g/mol. The van der Waals surface area contributed by atoms with Gasteiger partial charge in [-0.25, -0.2) is 0 Å². The van der Waals surface area contributed by atoms with Crippen LogP contribution in [0.3, 0.4) is 0 Å². The molecule has 0 spiro atoms. The number of nitrogens with one attached hydrogen (secondary N) is 2. The van der Waals surface area contributed by atoms with Crippen LogP contribution in [0.5, 0.6) is 0 Å². The Kier molecular flexibility index (Phi) is 6.80. The van der Waals surface area contributed by atoms with Gasteiger partial charge in [0, 0.05) is 32.7 Å². The molecule has 1 aliphatic rings. The minimum atomic E-state index is 0.648. The van der Waals surface area contributed by atoms with E-state index in [0.29, 0.717) is 6.04 Å². The van der Waals surface area contributed by atoms with Crippen molar-refractivity contribution in [2.24, 2.45) is 10.9 Å². The van der Waals surface area contributed by atoms with E-state index in [0.717, 1.165) is 25.0 Å². The SMILES string of the molecule is C=CCNC(=NC)NC[C@H]1CCCN1CC(C)C. The third-order valence-electron chi connectivity index (χ3n) is 3.24. The molecule has 4 nitrogen and oxygen atoms in total. The average molecular weight is 252 g/mol. The Hall–Kier alpha value is -1.03. The second kappa shape index (κ2) is 8.14. The molecule has 0 unspecified atom stereocenters. The Morgan fingerprint density at radius 1 is 1.50 bits per heavy atom. The van der Waals surface area contributed by atoms with E-state index < -0.39 is 0 Å². The number of likely N-dealkylation sites (tertiary alicyclic amines) is 1. The molecule has 1 rings (SSSR count). The van der Waals surface area contributed by atoms with E-state index >= 15 is 0 Å². The van der Waals surface area contributed by atoms with Crippen molar-refractivity contribution in [3.8, 4) is 0 Å². The number of hydrogen-bond acceptors (Lipinski definition) is 2. The van der Waals surface area contributed by atoms with Crippen LogP contribution in [0.15, 0.2) is 17.6 Å². The van der Waals surface area contributed by atoms with Crippen molar-refractivity contribution in [2.45, 2.75) is 32.7 Å². The fourth-order valence-electron chi connectivity index (χ4n) is 2.44. The van der Waals surface area contributed by atoms with Gasteiger partial charge in [-0.3, -0.25) is 9.89 Å². The lowest BCUT2D eigenvalue weighted by Crippen LogP contribution is -2.45. The highest BCUT2D eigenvalue weighted by molar-refractivity contribution is 5.79. The quantitative estimate of drug-likeness (QED) is 0.427. The van der Waals surface area contributed by atoms with Gasteiger partial charge in [0.2, 0.25) is 0 Å². The van der Waals surface area contributed by atoms with Gasteiger partial charge < -0.3 is 10.6 Å². The molecular weight excluding hydrogens is 224 g/mol. The molecule has 2 N–H and O–H groups in total. The first kappa shape index (κ1) is 15.0. The normalized spacial score (nSPS) is 21.3. The standard InChI is InChI=1S/C14H28N4/c1-5-8-16-14(15-4)17-10-13-7-6-9-18(13)11-12(2)3/h5,12-13H,1,6-11H2,2-4H3,(H2,15,16,17)/t13-/m1/s1. The summed E-state index contributed by atoms with van der Waals surface area (Å²) in [5.41, 5.74) is 0. The first-order valence-electron chi connectivity index (χ1n) is 6.96. The second-order valence-corrected chi connectivity index (χ2v) is 5.31. The molecule has 104 valence electrons. The van der Waals surface area contributed by atoms with Crippen molar-refractivity contribution < 1.29 is 0 Å². The maximum absolute atomic E-state index is 4.20. The summed E-state index contributed by atoms with van der Waals surface area (Å²) in [4.78, 5) is 6.80. The van der Waals surface area contributed by atoms with Gasteiger partial charge in [0.05, 0.1) is 0 Å². The Labute approximate surface area is 112 Å². The van der Waals surface area contributed by atoms with Crippen LogP contribution in [0, 0.1) is 5.92 Å². The second-order valence-electron chi connectivity index (χ2n) is 5.31. The maximum atomic E-state index is 4.20. The molecule has 0 amide bonds. The van der Waals surface area contributed by atoms with Gasteiger partial charge in [-0.15, -0.1) is 6.58 Å². The van der Waals surface area contributed by atoms with Crippen LogP contribution in [0.1, 0.15) is 26.7 Å². The molecule has 0 saturated carbocycles. The molecule has 4 heteroatoms. The van der Waals surface area contributed by atoms with Crippen LogP contribution in [0.2, 0.25) is 0 Å². The van der Waals surface area contributed by atoms with E-state index in [2.05, 4.69) is 41.0 Å². The van der Waals surface area contributed by atoms with Crippen molar-refractivity contribution in [1.82, 2.24) is 15.5 Å². The Morgan fingerprint density at radius 2 is 2.28 bits per heavy atom. The average Bonchev–Trinajstić information content (AvgIpc) is 2.76. The molecule has 0 aromatic carbocycles. The lowest BCUT2D eigenvalue weighted by molar-refractivity contribution is 0.226. The van der Waals surface area contributed by atoms with Crippen molar-refractivity contribution in [3.05, 3.63) is 12.7 Å². The zero-order valence-corrected chi connectivity index (χ0v) is 12.1. The Morgan fingerprint density at radius 3 is 2.89 bits per heavy atom. The van der Waals surface area contributed by atoms with E-state index in [-0.39, 0.29) is 0 Å². The number of aliphatic imine (C=N–C) groups is 1. The van der Waals surface area contributed by atoms with Crippen molar-refractivity contribution in [3.63, 3.8) is 0 Å². The van der Waals surface area contributed by atoms with Gasteiger partial charge in [-0.05, 0) is 25.3 Å². The van der Waals surface area contributed by atoms with Crippen LogP contribution in [0.25, 0.3) is 0 Å². The predicted molar refractivity (Wildman–Crippen MR) is 79.0 cm³/mol. The first-order chi connectivity index (χ1) is 8.67. The number of hydrogen-bond donors (Lipinski definition) is 2. The summed E-state index contributed by atoms with van der Waals surface area (Å²) in [7, 11) is 1.80. The van der Waals surface area contributed by atoms with Crippen molar-refractivity contribution in [1.29, 1.82) is 0 Å². The lowest BCUT2D eigenvalue weighted by atomic mass is 10.1. The largest absolute Gasteiger partial charge is 0.355 e.